The van der Waals surface area contributed by atoms with E-state index in [0.717, 1.165) is 15.5 Å². The van der Waals surface area contributed by atoms with Crippen molar-refractivity contribution in [1.82, 2.24) is 15.1 Å². The molecule has 2 heterocycles. The van der Waals surface area contributed by atoms with E-state index in [2.05, 4.69) is 29.4 Å². The average molecular weight is 505 g/mol. The number of rotatable bonds is 7. The van der Waals surface area contributed by atoms with Gasteiger partial charge in [-0.3, -0.25) is 14.9 Å². The highest BCUT2D eigenvalue weighted by Crippen LogP contribution is 2.39. The summed E-state index contributed by atoms with van der Waals surface area (Å²) in [6.45, 7) is 4.68. The summed E-state index contributed by atoms with van der Waals surface area (Å²) in [6.07, 6.45) is 0. The Bertz CT molecular complexity index is 1100. The molecule has 2 aromatic carbocycles. The molecule has 32 heavy (non-hydrogen) atoms. The first-order valence-corrected chi connectivity index (χ1v) is 13.1. The van der Waals surface area contributed by atoms with Crippen molar-refractivity contribution in [2.75, 3.05) is 11.1 Å². The number of benzene rings is 2. The van der Waals surface area contributed by atoms with E-state index in [0.29, 0.717) is 33.3 Å². The third kappa shape index (κ3) is 5.64. The van der Waals surface area contributed by atoms with Crippen molar-refractivity contribution in [2.24, 2.45) is 0 Å². The molecule has 0 aliphatic carbocycles. The Morgan fingerprint density at radius 3 is 2.59 bits per heavy atom. The maximum absolute atomic E-state index is 12.6. The maximum Gasteiger partial charge on any atom is 0.257 e. The molecule has 2 amide bonds. The summed E-state index contributed by atoms with van der Waals surface area (Å²) in [5.41, 5.74) is 2.54. The molecular formula is C22H21ClN4O2S3. The monoisotopic (exact) mass is 504 g/mol. The topological polar surface area (TPSA) is 75.2 Å². The standard InChI is InChI=1S/C22H21ClN4O2S3/c1-13(2)31-22-26-25-21(32-22)24-19(29)15-5-7-16(8-6-15)20-27(18(28)12-30-20)11-14-3-9-17(23)10-4-14/h3-10,13,20H,11-12H2,1-2H3,(H,24,25,29)/t20-/m1/s1. The van der Waals surface area contributed by atoms with E-state index in [-0.39, 0.29) is 17.2 Å². The molecule has 4 rings (SSSR count). The summed E-state index contributed by atoms with van der Waals surface area (Å²) < 4.78 is 0.828. The van der Waals surface area contributed by atoms with Gasteiger partial charge in [-0.15, -0.1) is 22.0 Å². The maximum atomic E-state index is 12.6. The van der Waals surface area contributed by atoms with Crippen LogP contribution in [-0.2, 0) is 11.3 Å². The van der Waals surface area contributed by atoms with Gasteiger partial charge in [-0.05, 0) is 35.4 Å². The summed E-state index contributed by atoms with van der Waals surface area (Å²) >= 11 is 10.5. The quantitative estimate of drug-likeness (QED) is 0.327. The lowest BCUT2D eigenvalue weighted by atomic mass is 10.1. The molecule has 1 N–H and O–H groups in total. The van der Waals surface area contributed by atoms with Crippen LogP contribution in [0.25, 0.3) is 0 Å². The Morgan fingerprint density at radius 1 is 1.19 bits per heavy atom. The van der Waals surface area contributed by atoms with Gasteiger partial charge in [-0.2, -0.15) is 0 Å². The lowest BCUT2D eigenvalue weighted by Gasteiger charge is -2.24. The Labute approximate surface area is 204 Å². The van der Waals surface area contributed by atoms with Crippen LogP contribution < -0.4 is 5.32 Å². The molecule has 10 heteroatoms. The minimum absolute atomic E-state index is 0.0888. The fraction of sp³-hybridized carbons (Fsp3) is 0.273. The van der Waals surface area contributed by atoms with Crippen molar-refractivity contribution >= 4 is 63.4 Å². The number of aromatic nitrogens is 2. The highest BCUT2D eigenvalue weighted by Gasteiger charge is 2.32. The van der Waals surface area contributed by atoms with Crippen LogP contribution in [0.4, 0.5) is 5.13 Å². The van der Waals surface area contributed by atoms with Crippen LogP contribution in [0.3, 0.4) is 0 Å². The minimum atomic E-state index is -0.234. The van der Waals surface area contributed by atoms with E-state index in [1.165, 1.54) is 11.3 Å². The number of carbonyl (C=O) groups is 2. The first kappa shape index (κ1) is 23.1. The number of halogens is 1. The second-order valence-corrected chi connectivity index (χ2v) is 11.7. The Hall–Kier alpha value is -2.07. The lowest BCUT2D eigenvalue weighted by molar-refractivity contribution is -0.128. The van der Waals surface area contributed by atoms with Crippen LogP contribution in [0.2, 0.25) is 5.02 Å². The molecule has 0 bridgehead atoms. The van der Waals surface area contributed by atoms with Crippen LogP contribution in [0.5, 0.6) is 0 Å². The summed E-state index contributed by atoms with van der Waals surface area (Å²) in [5.74, 6) is 0.305. The van der Waals surface area contributed by atoms with Crippen LogP contribution in [0.15, 0.2) is 52.9 Å². The molecule has 1 saturated heterocycles. The van der Waals surface area contributed by atoms with Crippen LogP contribution in [-0.4, -0.2) is 37.9 Å². The average Bonchev–Trinajstić information content (AvgIpc) is 3.35. The second-order valence-electron chi connectivity index (χ2n) is 7.43. The van der Waals surface area contributed by atoms with E-state index in [1.807, 2.05) is 41.3 Å². The molecule has 0 spiro atoms. The van der Waals surface area contributed by atoms with E-state index >= 15 is 0 Å². The van der Waals surface area contributed by atoms with Crippen LogP contribution in [0.1, 0.15) is 40.7 Å². The van der Waals surface area contributed by atoms with Crippen LogP contribution in [0, 0.1) is 0 Å². The third-order valence-corrected chi connectivity index (χ3v) is 8.09. The first-order valence-electron chi connectivity index (χ1n) is 9.96. The first-order chi connectivity index (χ1) is 15.4. The molecular weight excluding hydrogens is 484 g/mol. The summed E-state index contributed by atoms with van der Waals surface area (Å²) in [6, 6.07) is 14.9. The molecule has 1 aromatic heterocycles. The lowest BCUT2D eigenvalue weighted by Crippen LogP contribution is -2.27. The number of anilines is 1. The van der Waals surface area contributed by atoms with Crippen molar-refractivity contribution in [1.29, 1.82) is 0 Å². The number of nitrogens with one attached hydrogen (secondary N) is 1. The molecule has 166 valence electrons. The Morgan fingerprint density at radius 2 is 1.91 bits per heavy atom. The van der Waals surface area contributed by atoms with Gasteiger partial charge in [0.1, 0.15) is 5.37 Å². The van der Waals surface area contributed by atoms with Gasteiger partial charge in [0.15, 0.2) is 4.34 Å². The highest BCUT2D eigenvalue weighted by atomic mass is 35.5. The smallest absolute Gasteiger partial charge is 0.257 e. The fourth-order valence-electron chi connectivity index (χ4n) is 3.17. The van der Waals surface area contributed by atoms with Crippen molar-refractivity contribution in [3.05, 3.63) is 70.2 Å². The second kappa shape index (κ2) is 10.2. The zero-order valence-electron chi connectivity index (χ0n) is 17.4. The minimum Gasteiger partial charge on any atom is -0.322 e. The normalized spacial score (nSPS) is 16.1. The molecule has 0 unspecified atom stereocenters. The van der Waals surface area contributed by atoms with E-state index in [9.17, 15) is 9.59 Å². The van der Waals surface area contributed by atoms with Crippen molar-refractivity contribution in [3.8, 4) is 0 Å². The van der Waals surface area contributed by atoms with Gasteiger partial charge < -0.3 is 4.90 Å². The zero-order valence-corrected chi connectivity index (χ0v) is 20.7. The number of hydrogen-bond donors (Lipinski definition) is 1. The van der Waals surface area contributed by atoms with Gasteiger partial charge in [0, 0.05) is 22.4 Å². The van der Waals surface area contributed by atoms with Crippen molar-refractivity contribution in [3.63, 3.8) is 0 Å². The fourth-order valence-corrected chi connectivity index (χ4v) is 6.45. The van der Waals surface area contributed by atoms with Crippen molar-refractivity contribution < 1.29 is 9.59 Å². The molecule has 0 radical (unpaired) electrons. The molecule has 0 saturated carbocycles. The van der Waals surface area contributed by atoms with E-state index in [4.69, 9.17) is 11.6 Å². The predicted octanol–water partition coefficient (Wildman–Crippen LogP) is 5.72. The van der Waals surface area contributed by atoms with Gasteiger partial charge in [-0.25, -0.2) is 0 Å². The molecule has 3 aromatic rings. The van der Waals surface area contributed by atoms with Gasteiger partial charge in [-0.1, -0.05) is 72.8 Å². The van der Waals surface area contributed by atoms with Crippen molar-refractivity contribution in [2.45, 2.75) is 35.4 Å². The van der Waals surface area contributed by atoms with E-state index < -0.39 is 0 Å². The van der Waals surface area contributed by atoms with Crippen LogP contribution >= 0.6 is 46.5 Å². The summed E-state index contributed by atoms with van der Waals surface area (Å²) in [7, 11) is 0. The number of nitrogens with zero attached hydrogens (tertiary/aromatic N) is 3. The highest BCUT2D eigenvalue weighted by molar-refractivity contribution is 8.01. The van der Waals surface area contributed by atoms with Gasteiger partial charge in [0.25, 0.3) is 5.91 Å². The molecule has 6 nitrogen and oxygen atoms in total. The summed E-state index contributed by atoms with van der Waals surface area (Å²) in [5, 5.41) is 12.4. The SMILES string of the molecule is CC(C)Sc1nnc(NC(=O)c2ccc([C@H]3SCC(=O)N3Cc3ccc(Cl)cc3)cc2)s1. The third-order valence-electron chi connectivity index (χ3n) is 4.66. The number of carbonyl (C=O) groups excluding carboxylic acids is 2. The van der Waals surface area contributed by atoms with Gasteiger partial charge >= 0.3 is 0 Å². The zero-order chi connectivity index (χ0) is 22.7. The summed E-state index contributed by atoms with van der Waals surface area (Å²) in [4.78, 5) is 26.9. The molecule has 1 aliphatic heterocycles. The Balaban J connectivity index is 1.42. The number of thioether (sulfide) groups is 2. The largest absolute Gasteiger partial charge is 0.322 e. The number of hydrogen-bond acceptors (Lipinski definition) is 7. The molecule has 1 fully saturated rings. The van der Waals surface area contributed by atoms with Gasteiger partial charge in [0.05, 0.1) is 5.75 Å². The van der Waals surface area contributed by atoms with E-state index in [1.54, 1.807) is 35.7 Å². The molecule has 1 aliphatic rings. The van der Waals surface area contributed by atoms with Gasteiger partial charge in [0.2, 0.25) is 11.0 Å². The predicted molar refractivity (Wildman–Crippen MR) is 132 cm³/mol. The Kier molecular flexibility index (Phi) is 7.40. The number of amides is 2. The molecule has 1 atom stereocenters.